The van der Waals surface area contributed by atoms with Gasteiger partial charge in [-0.1, -0.05) is 0 Å². The topological polar surface area (TPSA) is 96.6 Å². The molecule has 104 valence electrons. The molecule has 0 aromatic carbocycles. The Balaban J connectivity index is 3.17. The smallest absolute Gasteiger partial charge is 0.311 e. The maximum atomic E-state index is 11.0. The van der Waals surface area contributed by atoms with Gasteiger partial charge in [-0.05, 0) is 26.8 Å². The molecule has 0 radical (unpaired) electrons. The summed E-state index contributed by atoms with van der Waals surface area (Å²) in [5, 5.41) is 19.8. The lowest BCUT2D eigenvalue weighted by atomic mass is 10.2. The molecule has 0 atom stereocenters. The SMILES string of the molecule is Cc1ccc([N+](=O)[O-])c(N(CCC(=O)O)C(C)C)n1. The molecule has 7 nitrogen and oxygen atoms in total. The average molecular weight is 267 g/mol. The number of anilines is 1. The molecule has 1 N–H and O–H groups in total. The lowest BCUT2D eigenvalue weighted by molar-refractivity contribution is -0.384. The summed E-state index contributed by atoms with van der Waals surface area (Å²) in [5.74, 6) is -0.720. The normalized spacial score (nSPS) is 10.5. The lowest BCUT2D eigenvalue weighted by Gasteiger charge is -2.27. The molecule has 1 aromatic heterocycles. The lowest BCUT2D eigenvalue weighted by Crippen LogP contribution is -2.34. The summed E-state index contributed by atoms with van der Waals surface area (Å²) in [7, 11) is 0. The molecule has 0 aliphatic heterocycles. The minimum atomic E-state index is -0.944. The number of nitro groups is 1. The van der Waals surface area contributed by atoms with Gasteiger partial charge >= 0.3 is 11.7 Å². The van der Waals surface area contributed by atoms with Crippen LogP contribution in [0, 0.1) is 17.0 Å². The fourth-order valence-corrected chi connectivity index (χ4v) is 1.71. The number of aliphatic carboxylic acids is 1. The standard InChI is InChI=1S/C12H17N3O4/c1-8(2)14(7-6-11(16)17)12-10(15(18)19)5-4-9(3)13-12/h4-5,8H,6-7H2,1-3H3,(H,16,17). The first kappa shape index (κ1) is 14.9. The first-order valence-electron chi connectivity index (χ1n) is 5.93. The quantitative estimate of drug-likeness (QED) is 0.625. The first-order valence-corrected chi connectivity index (χ1v) is 5.93. The van der Waals surface area contributed by atoms with Gasteiger partial charge in [0.15, 0.2) is 0 Å². The van der Waals surface area contributed by atoms with Gasteiger partial charge in [-0.2, -0.15) is 0 Å². The Kier molecular flexibility index (Phi) is 4.80. The zero-order valence-corrected chi connectivity index (χ0v) is 11.2. The third-order valence-electron chi connectivity index (χ3n) is 2.65. The van der Waals surface area contributed by atoms with Crippen LogP contribution in [0.2, 0.25) is 0 Å². The zero-order valence-electron chi connectivity index (χ0n) is 11.2. The van der Waals surface area contributed by atoms with E-state index in [4.69, 9.17) is 5.11 Å². The van der Waals surface area contributed by atoms with E-state index in [1.807, 2.05) is 13.8 Å². The van der Waals surface area contributed by atoms with Gasteiger partial charge in [0.05, 0.1) is 11.3 Å². The minimum Gasteiger partial charge on any atom is -0.481 e. The maximum absolute atomic E-state index is 11.0. The van der Waals surface area contributed by atoms with Crippen molar-refractivity contribution in [3.8, 4) is 0 Å². The summed E-state index contributed by atoms with van der Waals surface area (Å²) in [6.07, 6.45) is -0.0923. The van der Waals surface area contributed by atoms with Gasteiger partial charge in [0.1, 0.15) is 0 Å². The molecule has 19 heavy (non-hydrogen) atoms. The number of nitrogens with zero attached hydrogens (tertiary/aromatic N) is 3. The number of aromatic nitrogens is 1. The summed E-state index contributed by atoms with van der Waals surface area (Å²) in [5.41, 5.74) is 0.547. The van der Waals surface area contributed by atoms with Crippen molar-refractivity contribution in [1.29, 1.82) is 0 Å². The number of hydrogen-bond donors (Lipinski definition) is 1. The van der Waals surface area contributed by atoms with Gasteiger partial charge in [-0.25, -0.2) is 4.98 Å². The van der Waals surface area contributed by atoms with Crippen molar-refractivity contribution >= 4 is 17.5 Å². The number of carbonyl (C=O) groups is 1. The van der Waals surface area contributed by atoms with Crippen LogP contribution >= 0.6 is 0 Å². The van der Waals surface area contributed by atoms with Crippen molar-refractivity contribution in [1.82, 2.24) is 4.98 Å². The molecular formula is C12H17N3O4. The maximum Gasteiger partial charge on any atom is 0.311 e. The van der Waals surface area contributed by atoms with E-state index in [1.54, 1.807) is 17.9 Å². The molecule has 0 fully saturated rings. The third kappa shape index (κ3) is 3.90. The summed E-state index contributed by atoms with van der Waals surface area (Å²) >= 11 is 0. The third-order valence-corrected chi connectivity index (χ3v) is 2.65. The van der Waals surface area contributed by atoms with Crippen LogP contribution in [0.25, 0.3) is 0 Å². The minimum absolute atomic E-state index is 0.0765. The Morgan fingerprint density at radius 1 is 1.53 bits per heavy atom. The number of carboxylic acids is 1. The van der Waals surface area contributed by atoms with Crippen molar-refractivity contribution in [2.75, 3.05) is 11.4 Å². The van der Waals surface area contributed by atoms with E-state index in [-0.39, 0.29) is 30.5 Å². The second kappa shape index (κ2) is 6.12. The van der Waals surface area contributed by atoms with Crippen LogP contribution in [-0.4, -0.2) is 33.6 Å². The predicted octanol–water partition coefficient (Wildman–Crippen LogP) is 1.99. The fourth-order valence-electron chi connectivity index (χ4n) is 1.71. The van der Waals surface area contributed by atoms with Crippen LogP contribution < -0.4 is 4.90 Å². The highest BCUT2D eigenvalue weighted by Crippen LogP contribution is 2.27. The van der Waals surface area contributed by atoms with Gasteiger partial charge in [0, 0.05) is 24.3 Å². The molecule has 1 aromatic rings. The van der Waals surface area contributed by atoms with E-state index >= 15 is 0 Å². The Hall–Kier alpha value is -2.18. The summed E-state index contributed by atoms with van der Waals surface area (Å²) in [4.78, 5) is 27.0. The molecule has 0 spiro atoms. The Labute approximate surface area is 111 Å². The molecule has 0 saturated heterocycles. The second-order valence-electron chi connectivity index (χ2n) is 4.48. The molecule has 1 heterocycles. The van der Waals surface area contributed by atoms with E-state index in [1.165, 1.54) is 6.07 Å². The molecule has 0 unspecified atom stereocenters. The molecular weight excluding hydrogens is 250 g/mol. The number of rotatable bonds is 6. The van der Waals surface area contributed by atoms with Gasteiger partial charge in [0.2, 0.25) is 5.82 Å². The highest BCUT2D eigenvalue weighted by molar-refractivity contribution is 5.68. The molecule has 0 amide bonds. The van der Waals surface area contributed by atoms with E-state index < -0.39 is 10.9 Å². The van der Waals surface area contributed by atoms with Crippen LogP contribution in [0.5, 0.6) is 0 Å². The molecule has 0 bridgehead atoms. The summed E-state index contributed by atoms with van der Waals surface area (Å²) < 4.78 is 0. The number of pyridine rings is 1. The highest BCUT2D eigenvalue weighted by atomic mass is 16.6. The van der Waals surface area contributed by atoms with E-state index in [0.29, 0.717) is 5.69 Å². The van der Waals surface area contributed by atoms with Gasteiger partial charge in [-0.3, -0.25) is 14.9 Å². The monoisotopic (exact) mass is 267 g/mol. The van der Waals surface area contributed by atoms with Crippen molar-refractivity contribution in [2.45, 2.75) is 33.2 Å². The number of carboxylic acid groups (broad SMARTS) is 1. The highest BCUT2D eigenvalue weighted by Gasteiger charge is 2.23. The number of aryl methyl sites for hydroxylation is 1. The van der Waals surface area contributed by atoms with Crippen LogP contribution in [0.1, 0.15) is 26.0 Å². The summed E-state index contributed by atoms with van der Waals surface area (Å²) in [6.45, 7) is 5.61. The van der Waals surface area contributed by atoms with Crippen LogP contribution in [0.3, 0.4) is 0 Å². The Morgan fingerprint density at radius 2 is 2.16 bits per heavy atom. The zero-order chi connectivity index (χ0) is 14.6. The average Bonchev–Trinajstić information content (AvgIpc) is 2.27. The number of hydrogen-bond acceptors (Lipinski definition) is 5. The predicted molar refractivity (Wildman–Crippen MR) is 70.4 cm³/mol. The van der Waals surface area contributed by atoms with Crippen molar-refractivity contribution in [3.05, 3.63) is 27.9 Å². The molecule has 0 aliphatic carbocycles. The first-order chi connectivity index (χ1) is 8.82. The van der Waals surface area contributed by atoms with E-state index in [0.717, 1.165) is 0 Å². The summed E-state index contributed by atoms with van der Waals surface area (Å²) in [6, 6.07) is 2.89. The van der Waals surface area contributed by atoms with E-state index in [9.17, 15) is 14.9 Å². The van der Waals surface area contributed by atoms with Gasteiger partial charge in [-0.15, -0.1) is 0 Å². The van der Waals surface area contributed by atoms with E-state index in [2.05, 4.69) is 4.98 Å². The van der Waals surface area contributed by atoms with Crippen LogP contribution in [0.15, 0.2) is 12.1 Å². The second-order valence-corrected chi connectivity index (χ2v) is 4.48. The molecule has 0 saturated carbocycles. The molecule has 0 aliphatic rings. The fraction of sp³-hybridized carbons (Fsp3) is 0.500. The largest absolute Gasteiger partial charge is 0.481 e. The van der Waals surface area contributed by atoms with Gasteiger partial charge < -0.3 is 10.0 Å². The van der Waals surface area contributed by atoms with Crippen LogP contribution in [-0.2, 0) is 4.79 Å². The van der Waals surface area contributed by atoms with Crippen molar-refractivity contribution in [2.24, 2.45) is 0 Å². The Bertz CT molecular complexity index is 488. The van der Waals surface area contributed by atoms with Crippen molar-refractivity contribution < 1.29 is 14.8 Å². The Morgan fingerprint density at radius 3 is 2.63 bits per heavy atom. The van der Waals surface area contributed by atoms with Crippen LogP contribution in [0.4, 0.5) is 11.5 Å². The molecule has 7 heteroatoms. The molecule has 1 rings (SSSR count). The van der Waals surface area contributed by atoms with Crippen molar-refractivity contribution in [3.63, 3.8) is 0 Å². The van der Waals surface area contributed by atoms with Gasteiger partial charge in [0.25, 0.3) is 0 Å².